The molecule has 2 aromatic heterocycles. The fraction of sp³-hybridized carbons (Fsp3) is 0.333. The molecule has 1 aliphatic heterocycles. The van der Waals surface area contributed by atoms with Crippen LogP contribution >= 0.6 is 0 Å². The van der Waals surface area contributed by atoms with Gasteiger partial charge in [0.05, 0.1) is 11.1 Å². The Hall–Kier alpha value is -3.06. The smallest absolute Gasteiger partial charge is 0.255 e. The number of furan rings is 1. The highest BCUT2D eigenvalue weighted by molar-refractivity contribution is 6.07. The van der Waals surface area contributed by atoms with Crippen molar-refractivity contribution in [2.75, 3.05) is 20.3 Å². The molecule has 4 rings (SSSR count). The lowest BCUT2D eigenvalue weighted by atomic mass is 10.1. The first kappa shape index (κ1) is 19.7. The van der Waals surface area contributed by atoms with E-state index < -0.39 is 0 Å². The highest BCUT2D eigenvalue weighted by Gasteiger charge is 2.17. The van der Waals surface area contributed by atoms with E-state index in [0.29, 0.717) is 33.6 Å². The molecule has 0 spiro atoms. The second-order valence-electron chi connectivity index (χ2n) is 6.40. The molecule has 1 fully saturated rings. The average Bonchev–Trinajstić information content (AvgIpc) is 3.37. The number of rotatable bonds is 4. The molecule has 28 heavy (non-hydrogen) atoms. The van der Waals surface area contributed by atoms with E-state index >= 15 is 0 Å². The van der Waals surface area contributed by atoms with Crippen LogP contribution < -0.4 is 15.6 Å². The van der Waals surface area contributed by atoms with Crippen LogP contribution in [-0.2, 0) is 11.3 Å². The van der Waals surface area contributed by atoms with Crippen LogP contribution in [0.15, 0.2) is 45.7 Å². The lowest BCUT2D eigenvalue weighted by molar-refractivity contribution is 0.0963. The summed E-state index contributed by atoms with van der Waals surface area (Å²) < 4.78 is 16.2. The summed E-state index contributed by atoms with van der Waals surface area (Å²) in [5, 5.41) is 3.28. The van der Waals surface area contributed by atoms with Crippen LogP contribution in [0.1, 0.15) is 34.5 Å². The lowest BCUT2D eigenvalue weighted by Gasteiger charge is -2.06. The zero-order valence-electron chi connectivity index (χ0n) is 16.0. The van der Waals surface area contributed by atoms with E-state index in [2.05, 4.69) is 10.3 Å². The Morgan fingerprint density at radius 2 is 2.04 bits per heavy atom. The number of aromatic nitrogens is 1. The van der Waals surface area contributed by atoms with E-state index in [1.54, 1.807) is 50.5 Å². The van der Waals surface area contributed by atoms with Gasteiger partial charge in [-0.2, -0.15) is 0 Å². The zero-order valence-corrected chi connectivity index (χ0v) is 16.0. The maximum Gasteiger partial charge on any atom is 0.255 e. The number of ether oxygens (including phenoxy) is 2. The van der Waals surface area contributed by atoms with Crippen molar-refractivity contribution >= 4 is 16.9 Å². The van der Waals surface area contributed by atoms with Crippen LogP contribution in [0, 0.1) is 6.92 Å². The van der Waals surface area contributed by atoms with Gasteiger partial charge in [0.2, 0.25) is 0 Å². The summed E-state index contributed by atoms with van der Waals surface area (Å²) in [6, 6.07) is 8.69. The van der Waals surface area contributed by atoms with Gasteiger partial charge in [-0.25, -0.2) is 0 Å². The lowest BCUT2D eigenvalue weighted by Crippen LogP contribution is -2.18. The van der Waals surface area contributed by atoms with Crippen molar-refractivity contribution in [3.8, 4) is 5.75 Å². The summed E-state index contributed by atoms with van der Waals surface area (Å²) in [5.74, 6) is 0.903. The molecule has 1 aliphatic rings. The van der Waals surface area contributed by atoms with Crippen LogP contribution in [0.3, 0.4) is 0 Å². The van der Waals surface area contributed by atoms with Crippen molar-refractivity contribution in [3.05, 3.63) is 63.8 Å². The predicted molar refractivity (Wildman–Crippen MR) is 106 cm³/mol. The summed E-state index contributed by atoms with van der Waals surface area (Å²) >= 11 is 0. The third-order valence-corrected chi connectivity index (χ3v) is 4.41. The molecule has 1 aromatic carbocycles. The van der Waals surface area contributed by atoms with Gasteiger partial charge < -0.3 is 24.2 Å². The number of hydrogen-bond acceptors (Lipinski definition) is 5. The number of carbonyl (C=O) groups excluding carboxylic acids is 1. The first-order chi connectivity index (χ1) is 13.6. The topological polar surface area (TPSA) is 93.6 Å². The molecule has 1 amide bonds. The summed E-state index contributed by atoms with van der Waals surface area (Å²) in [6.07, 6.45) is 4.13. The Kier molecular flexibility index (Phi) is 6.49. The number of fused-ring (bicyclic) bond motifs is 1. The summed E-state index contributed by atoms with van der Waals surface area (Å²) in [5.41, 5.74) is 1.46. The zero-order chi connectivity index (χ0) is 19.9. The van der Waals surface area contributed by atoms with Gasteiger partial charge in [0.25, 0.3) is 11.5 Å². The van der Waals surface area contributed by atoms with Gasteiger partial charge in [0, 0.05) is 31.8 Å². The van der Waals surface area contributed by atoms with Gasteiger partial charge >= 0.3 is 0 Å². The summed E-state index contributed by atoms with van der Waals surface area (Å²) in [4.78, 5) is 26.2. The van der Waals surface area contributed by atoms with Crippen LogP contribution in [-0.4, -0.2) is 31.2 Å². The molecule has 0 aliphatic carbocycles. The molecule has 148 valence electrons. The number of amides is 1. The van der Waals surface area contributed by atoms with E-state index in [4.69, 9.17) is 13.9 Å². The summed E-state index contributed by atoms with van der Waals surface area (Å²) in [6.45, 7) is 3.89. The molecular weight excluding hydrogens is 360 g/mol. The average molecular weight is 384 g/mol. The molecule has 0 saturated carbocycles. The van der Waals surface area contributed by atoms with E-state index in [1.165, 1.54) is 12.8 Å². The van der Waals surface area contributed by atoms with Crippen molar-refractivity contribution < 1.29 is 18.7 Å². The number of aryl methyl sites for hydroxylation is 1. The van der Waals surface area contributed by atoms with Gasteiger partial charge in [-0.05, 0) is 50.1 Å². The monoisotopic (exact) mass is 384 g/mol. The second kappa shape index (κ2) is 9.23. The number of H-pyrrole nitrogens is 1. The number of benzene rings is 1. The van der Waals surface area contributed by atoms with E-state index in [9.17, 15) is 9.59 Å². The first-order valence-corrected chi connectivity index (χ1v) is 9.22. The third-order valence-electron chi connectivity index (χ3n) is 4.41. The fourth-order valence-corrected chi connectivity index (χ4v) is 2.94. The van der Waals surface area contributed by atoms with Gasteiger partial charge in [0.1, 0.15) is 23.7 Å². The molecule has 3 heterocycles. The van der Waals surface area contributed by atoms with Gasteiger partial charge in [0.15, 0.2) is 0 Å². The maximum atomic E-state index is 12.0. The Balaban J connectivity index is 0.000000391. The highest BCUT2D eigenvalue weighted by Crippen LogP contribution is 2.29. The normalized spacial score (nSPS) is 13.1. The Morgan fingerprint density at radius 1 is 1.25 bits per heavy atom. The molecule has 2 N–H and O–H groups in total. The quantitative estimate of drug-likeness (QED) is 0.721. The predicted octanol–water partition coefficient (Wildman–Crippen LogP) is 3.16. The SMILES string of the molecule is C1CCOC1.CNC(=O)c1c(C)oc2ccc(OCc3ccc[nH]c3=O)cc12. The van der Waals surface area contributed by atoms with Crippen molar-refractivity contribution in [1.82, 2.24) is 10.3 Å². The van der Waals surface area contributed by atoms with E-state index in [1.807, 2.05) is 0 Å². The Labute approximate surface area is 162 Å². The molecule has 0 unspecified atom stereocenters. The number of hydrogen-bond donors (Lipinski definition) is 2. The standard InChI is InChI=1S/C17H16N2O4.C4H8O/c1-10-15(17(21)18-2)13-8-12(5-6-14(13)23-10)22-9-11-4-3-7-19-16(11)20;1-2-4-5-3-1/h3-8H,9H2,1-2H3,(H,18,21)(H,19,20);1-4H2. The van der Waals surface area contributed by atoms with Crippen LogP contribution in [0.25, 0.3) is 11.0 Å². The van der Waals surface area contributed by atoms with Crippen LogP contribution in [0.5, 0.6) is 5.75 Å². The minimum atomic E-state index is -0.210. The Bertz CT molecular complexity index is 994. The third kappa shape index (κ3) is 4.61. The molecule has 1 saturated heterocycles. The number of pyridine rings is 1. The number of carbonyl (C=O) groups is 1. The molecule has 0 radical (unpaired) electrons. The first-order valence-electron chi connectivity index (χ1n) is 9.22. The molecule has 0 atom stereocenters. The molecule has 7 heteroatoms. The molecule has 0 bridgehead atoms. The van der Waals surface area contributed by atoms with Crippen LogP contribution in [0.4, 0.5) is 0 Å². The highest BCUT2D eigenvalue weighted by atomic mass is 16.5. The van der Waals surface area contributed by atoms with Gasteiger partial charge in [-0.3, -0.25) is 9.59 Å². The maximum absolute atomic E-state index is 12.0. The van der Waals surface area contributed by atoms with Gasteiger partial charge in [-0.1, -0.05) is 0 Å². The second-order valence-corrected chi connectivity index (χ2v) is 6.40. The fourth-order valence-electron chi connectivity index (χ4n) is 2.94. The minimum Gasteiger partial charge on any atom is -0.489 e. The van der Waals surface area contributed by atoms with Crippen LogP contribution in [0.2, 0.25) is 0 Å². The molecule has 7 nitrogen and oxygen atoms in total. The largest absolute Gasteiger partial charge is 0.489 e. The van der Waals surface area contributed by atoms with Crippen molar-refractivity contribution in [3.63, 3.8) is 0 Å². The van der Waals surface area contributed by atoms with Crippen molar-refractivity contribution in [2.45, 2.75) is 26.4 Å². The van der Waals surface area contributed by atoms with E-state index in [0.717, 1.165) is 13.2 Å². The molecule has 3 aromatic rings. The van der Waals surface area contributed by atoms with Gasteiger partial charge in [-0.15, -0.1) is 0 Å². The summed E-state index contributed by atoms with van der Waals surface area (Å²) in [7, 11) is 1.57. The molecular formula is C21H24N2O5. The number of aromatic amines is 1. The van der Waals surface area contributed by atoms with Crippen molar-refractivity contribution in [2.24, 2.45) is 0 Å². The Morgan fingerprint density at radius 3 is 2.68 bits per heavy atom. The van der Waals surface area contributed by atoms with Crippen molar-refractivity contribution in [1.29, 1.82) is 0 Å². The van der Waals surface area contributed by atoms with E-state index in [-0.39, 0.29) is 18.1 Å². The minimum absolute atomic E-state index is 0.147. The number of nitrogens with one attached hydrogen (secondary N) is 2.